The van der Waals surface area contributed by atoms with E-state index in [1.807, 2.05) is 36.4 Å². The van der Waals surface area contributed by atoms with Crippen LogP contribution in [-0.2, 0) is 0 Å². The Hall–Kier alpha value is -3.42. The minimum Gasteiger partial charge on any atom is -0.497 e. The van der Waals surface area contributed by atoms with Crippen LogP contribution in [0.1, 0.15) is 0 Å². The molecule has 1 aliphatic heterocycles. The zero-order valence-corrected chi connectivity index (χ0v) is 15.5. The quantitative estimate of drug-likeness (QED) is 0.730. The molecule has 2 aromatic carbocycles. The minimum atomic E-state index is -0.217. The van der Waals surface area contributed by atoms with Crippen LogP contribution in [0.5, 0.6) is 5.75 Å². The zero-order valence-electron chi connectivity index (χ0n) is 15.5. The Balaban J connectivity index is 1.41. The predicted octanol–water partition coefficient (Wildman–Crippen LogP) is 3.09. The number of piperazine rings is 1. The lowest BCUT2D eigenvalue weighted by Crippen LogP contribution is -2.46. The average Bonchev–Trinajstić information content (AvgIpc) is 2.75. The van der Waals surface area contributed by atoms with Crippen molar-refractivity contribution < 1.29 is 9.13 Å². The molecule has 3 aromatic rings. The molecule has 1 aromatic heterocycles. The highest BCUT2D eigenvalue weighted by Crippen LogP contribution is 2.22. The average molecular weight is 380 g/mol. The van der Waals surface area contributed by atoms with Crippen LogP contribution >= 0.6 is 0 Å². The summed E-state index contributed by atoms with van der Waals surface area (Å²) >= 11 is 0. The maximum atomic E-state index is 13.1. The van der Waals surface area contributed by atoms with Crippen LogP contribution in [0, 0.1) is 5.82 Å². The molecule has 144 valence electrons. The Kier molecular flexibility index (Phi) is 5.18. The van der Waals surface area contributed by atoms with Crippen LogP contribution in [-0.4, -0.2) is 48.5 Å². The van der Waals surface area contributed by atoms with Crippen LogP contribution in [0.25, 0.3) is 0 Å². The van der Waals surface area contributed by atoms with Crippen molar-refractivity contribution in [3.8, 4) is 5.75 Å². The van der Waals surface area contributed by atoms with Gasteiger partial charge in [0.05, 0.1) is 13.3 Å². The van der Waals surface area contributed by atoms with E-state index in [1.165, 1.54) is 12.1 Å². The van der Waals surface area contributed by atoms with Gasteiger partial charge in [-0.2, -0.15) is 10.1 Å². The summed E-state index contributed by atoms with van der Waals surface area (Å²) in [6.07, 6.45) is 1.67. The molecule has 0 aliphatic carbocycles. The first kappa shape index (κ1) is 18.0. The Morgan fingerprint density at radius 1 is 1.00 bits per heavy atom. The molecule has 0 amide bonds. The van der Waals surface area contributed by atoms with Crippen molar-refractivity contribution in [2.24, 2.45) is 0 Å². The number of ether oxygens (including phenoxy) is 1. The molecule has 0 atom stereocenters. The zero-order chi connectivity index (χ0) is 19.3. The molecule has 1 N–H and O–H groups in total. The van der Waals surface area contributed by atoms with Crippen molar-refractivity contribution in [2.45, 2.75) is 0 Å². The summed E-state index contributed by atoms with van der Waals surface area (Å²) in [5.74, 6) is 1.75. The van der Waals surface area contributed by atoms with Gasteiger partial charge < -0.3 is 19.9 Å². The van der Waals surface area contributed by atoms with E-state index >= 15 is 0 Å². The summed E-state index contributed by atoms with van der Waals surface area (Å²) in [7, 11) is 1.63. The SMILES string of the molecule is COc1cccc(Nc2nncc(N3CCN(c4ccc(F)cc4)CC3)n2)c1. The molecule has 0 bridgehead atoms. The first-order valence-corrected chi connectivity index (χ1v) is 9.07. The number of nitrogens with zero attached hydrogens (tertiary/aromatic N) is 5. The third kappa shape index (κ3) is 4.11. The Bertz CT molecular complexity index is 928. The maximum absolute atomic E-state index is 13.1. The standard InChI is InChI=1S/C20H21FN6O/c1-28-18-4-2-3-16(13-18)23-20-24-19(14-22-25-20)27-11-9-26(10-12-27)17-7-5-15(21)6-8-17/h2-8,13-14H,9-12H2,1H3,(H,23,24,25). The summed E-state index contributed by atoms with van der Waals surface area (Å²) < 4.78 is 18.3. The van der Waals surface area contributed by atoms with Crippen molar-refractivity contribution in [1.29, 1.82) is 0 Å². The minimum absolute atomic E-state index is 0.217. The predicted molar refractivity (Wildman–Crippen MR) is 107 cm³/mol. The van der Waals surface area contributed by atoms with E-state index in [-0.39, 0.29) is 5.82 Å². The van der Waals surface area contributed by atoms with E-state index in [0.717, 1.165) is 49.1 Å². The lowest BCUT2D eigenvalue weighted by molar-refractivity contribution is 0.415. The monoisotopic (exact) mass is 380 g/mol. The van der Waals surface area contributed by atoms with Gasteiger partial charge in [-0.3, -0.25) is 0 Å². The molecule has 1 aliphatic rings. The number of halogens is 1. The Morgan fingerprint density at radius 3 is 2.50 bits per heavy atom. The number of hydrogen-bond acceptors (Lipinski definition) is 7. The second-order valence-corrected chi connectivity index (χ2v) is 6.45. The summed E-state index contributed by atoms with van der Waals surface area (Å²) in [5, 5.41) is 11.3. The third-order valence-corrected chi connectivity index (χ3v) is 4.67. The number of anilines is 4. The van der Waals surface area contributed by atoms with Crippen LogP contribution in [0.3, 0.4) is 0 Å². The van der Waals surface area contributed by atoms with Crippen molar-refractivity contribution in [1.82, 2.24) is 15.2 Å². The van der Waals surface area contributed by atoms with E-state index in [1.54, 1.807) is 13.3 Å². The van der Waals surface area contributed by atoms with E-state index in [0.29, 0.717) is 5.95 Å². The third-order valence-electron chi connectivity index (χ3n) is 4.67. The summed E-state index contributed by atoms with van der Waals surface area (Å²) in [5.41, 5.74) is 1.86. The van der Waals surface area contributed by atoms with Crippen LogP contribution in [0.4, 0.5) is 27.5 Å². The second kappa shape index (κ2) is 8.08. The molecule has 1 saturated heterocycles. The molecule has 2 heterocycles. The van der Waals surface area contributed by atoms with Gasteiger partial charge in [-0.15, -0.1) is 5.10 Å². The molecule has 0 unspecified atom stereocenters. The molecule has 0 spiro atoms. The summed E-state index contributed by atoms with van der Waals surface area (Å²) in [6, 6.07) is 14.2. The first-order valence-electron chi connectivity index (χ1n) is 9.07. The number of nitrogens with one attached hydrogen (secondary N) is 1. The molecule has 28 heavy (non-hydrogen) atoms. The fourth-order valence-electron chi connectivity index (χ4n) is 3.18. The van der Waals surface area contributed by atoms with Crippen molar-refractivity contribution in [3.05, 3.63) is 60.5 Å². The van der Waals surface area contributed by atoms with Crippen LogP contribution in [0.2, 0.25) is 0 Å². The van der Waals surface area contributed by atoms with Gasteiger partial charge in [-0.05, 0) is 36.4 Å². The largest absolute Gasteiger partial charge is 0.497 e. The highest BCUT2D eigenvalue weighted by molar-refractivity contribution is 5.57. The molecule has 0 saturated carbocycles. The van der Waals surface area contributed by atoms with Gasteiger partial charge in [0.25, 0.3) is 0 Å². The lowest BCUT2D eigenvalue weighted by Gasteiger charge is -2.36. The lowest BCUT2D eigenvalue weighted by atomic mass is 10.2. The summed E-state index contributed by atoms with van der Waals surface area (Å²) in [4.78, 5) is 9.00. The van der Waals surface area contributed by atoms with Crippen molar-refractivity contribution in [3.63, 3.8) is 0 Å². The highest BCUT2D eigenvalue weighted by Gasteiger charge is 2.19. The topological polar surface area (TPSA) is 66.4 Å². The van der Waals surface area contributed by atoms with Crippen molar-refractivity contribution >= 4 is 23.1 Å². The van der Waals surface area contributed by atoms with Gasteiger partial charge in [0.1, 0.15) is 11.6 Å². The van der Waals surface area contributed by atoms with Gasteiger partial charge in [-0.1, -0.05) is 6.07 Å². The first-order chi connectivity index (χ1) is 13.7. The molecule has 8 heteroatoms. The number of aromatic nitrogens is 3. The molecular formula is C20H21FN6O. The number of hydrogen-bond donors (Lipinski definition) is 1. The molecule has 4 rings (SSSR count). The molecule has 1 fully saturated rings. The van der Waals surface area contributed by atoms with Crippen LogP contribution in [0.15, 0.2) is 54.7 Å². The van der Waals surface area contributed by atoms with Crippen LogP contribution < -0.4 is 19.9 Å². The fraction of sp³-hybridized carbons (Fsp3) is 0.250. The smallest absolute Gasteiger partial charge is 0.249 e. The normalized spacial score (nSPS) is 14.1. The number of methoxy groups -OCH3 is 1. The molecule has 7 nitrogen and oxygen atoms in total. The highest BCUT2D eigenvalue weighted by atomic mass is 19.1. The number of rotatable bonds is 5. The van der Waals surface area contributed by atoms with Crippen molar-refractivity contribution in [2.75, 3.05) is 48.4 Å². The van der Waals surface area contributed by atoms with Gasteiger partial charge in [0, 0.05) is 43.6 Å². The molecular weight excluding hydrogens is 359 g/mol. The van der Waals surface area contributed by atoms with Gasteiger partial charge in [0.15, 0.2) is 5.82 Å². The Morgan fingerprint density at radius 2 is 1.75 bits per heavy atom. The van der Waals surface area contributed by atoms with Gasteiger partial charge in [-0.25, -0.2) is 4.39 Å². The fourth-order valence-corrected chi connectivity index (χ4v) is 3.18. The molecule has 0 radical (unpaired) electrons. The van der Waals surface area contributed by atoms with E-state index in [9.17, 15) is 4.39 Å². The Labute approximate surface area is 162 Å². The van der Waals surface area contributed by atoms with Gasteiger partial charge in [0.2, 0.25) is 5.95 Å². The van der Waals surface area contributed by atoms with Gasteiger partial charge >= 0.3 is 0 Å². The second-order valence-electron chi connectivity index (χ2n) is 6.45. The number of benzene rings is 2. The van der Waals surface area contributed by atoms with E-state index < -0.39 is 0 Å². The van der Waals surface area contributed by atoms with E-state index in [2.05, 4.69) is 30.3 Å². The maximum Gasteiger partial charge on any atom is 0.249 e. The summed E-state index contributed by atoms with van der Waals surface area (Å²) in [6.45, 7) is 3.26. The van der Waals surface area contributed by atoms with E-state index in [4.69, 9.17) is 4.74 Å².